The summed E-state index contributed by atoms with van der Waals surface area (Å²) in [6.45, 7) is 6.28. The van der Waals surface area contributed by atoms with Crippen LogP contribution >= 0.6 is 0 Å². The van der Waals surface area contributed by atoms with E-state index in [4.69, 9.17) is 0 Å². The summed E-state index contributed by atoms with van der Waals surface area (Å²) in [6.07, 6.45) is 4.50. The Labute approximate surface area is 114 Å². The monoisotopic (exact) mass is 265 g/mol. The number of nitrogens with zero attached hydrogens (tertiary/aromatic N) is 5. The Morgan fingerprint density at radius 3 is 3.00 bits per heavy atom. The molecular formula is C13H23N5O. The molecule has 1 fully saturated rings. The third kappa shape index (κ3) is 3.76. The molecule has 0 radical (unpaired) electrons. The van der Waals surface area contributed by atoms with E-state index in [1.165, 1.54) is 0 Å². The first kappa shape index (κ1) is 14.0. The SMILES string of the molecule is CCn1ncnc1CN(C)CCN1CCCCC1=O. The van der Waals surface area contributed by atoms with E-state index in [9.17, 15) is 4.79 Å². The average Bonchev–Trinajstić information content (AvgIpc) is 2.85. The van der Waals surface area contributed by atoms with Crippen LogP contribution in [0.4, 0.5) is 0 Å². The lowest BCUT2D eigenvalue weighted by molar-refractivity contribution is -0.133. The maximum Gasteiger partial charge on any atom is 0.222 e. The van der Waals surface area contributed by atoms with Gasteiger partial charge in [0.15, 0.2) is 0 Å². The van der Waals surface area contributed by atoms with Gasteiger partial charge in [0.05, 0.1) is 6.54 Å². The van der Waals surface area contributed by atoms with Gasteiger partial charge in [-0.3, -0.25) is 9.69 Å². The lowest BCUT2D eigenvalue weighted by Gasteiger charge is -2.28. The maximum atomic E-state index is 11.7. The fourth-order valence-electron chi connectivity index (χ4n) is 2.38. The van der Waals surface area contributed by atoms with E-state index in [1.54, 1.807) is 6.33 Å². The van der Waals surface area contributed by atoms with Crippen molar-refractivity contribution < 1.29 is 4.79 Å². The number of hydrogen-bond donors (Lipinski definition) is 0. The molecule has 1 aromatic heterocycles. The van der Waals surface area contributed by atoms with E-state index in [-0.39, 0.29) is 0 Å². The highest BCUT2D eigenvalue weighted by atomic mass is 16.2. The van der Waals surface area contributed by atoms with Crippen molar-refractivity contribution in [3.05, 3.63) is 12.2 Å². The van der Waals surface area contributed by atoms with E-state index < -0.39 is 0 Å². The van der Waals surface area contributed by atoms with Crippen molar-refractivity contribution in [1.82, 2.24) is 24.6 Å². The molecule has 19 heavy (non-hydrogen) atoms. The lowest BCUT2D eigenvalue weighted by atomic mass is 10.1. The first-order valence-electron chi connectivity index (χ1n) is 7.03. The Balaban J connectivity index is 1.78. The van der Waals surface area contributed by atoms with Crippen molar-refractivity contribution in [3.63, 3.8) is 0 Å². The molecule has 0 bridgehead atoms. The molecular weight excluding hydrogens is 242 g/mol. The summed E-state index contributed by atoms with van der Waals surface area (Å²) >= 11 is 0. The number of piperidine rings is 1. The smallest absolute Gasteiger partial charge is 0.222 e. The largest absolute Gasteiger partial charge is 0.341 e. The fraction of sp³-hybridized carbons (Fsp3) is 0.769. The second-order valence-corrected chi connectivity index (χ2v) is 5.07. The van der Waals surface area contributed by atoms with Crippen molar-refractivity contribution in [2.24, 2.45) is 0 Å². The van der Waals surface area contributed by atoms with Crippen LogP contribution in [0.2, 0.25) is 0 Å². The van der Waals surface area contributed by atoms with Gasteiger partial charge in [0.1, 0.15) is 12.2 Å². The molecule has 1 saturated heterocycles. The summed E-state index contributed by atoms with van der Waals surface area (Å²) in [5.41, 5.74) is 0. The minimum atomic E-state index is 0.302. The highest BCUT2D eigenvalue weighted by molar-refractivity contribution is 5.76. The van der Waals surface area contributed by atoms with Gasteiger partial charge < -0.3 is 4.90 Å². The van der Waals surface area contributed by atoms with E-state index in [0.717, 1.165) is 51.4 Å². The van der Waals surface area contributed by atoms with Crippen LogP contribution in [-0.4, -0.2) is 57.2 Å². The summed E-state index contributed by atoms with van der Waals surface area (Å²) in [5, 5.41) is 4.16. The van der Waals surface area contributed by atoms with Crippen molar-refractivity contribution in [3.8, 4) is 0 Å². The summed E-state index contributed by atoms with van der Waals surface area (Å²) in [5.74, 6) is 1.28. The molecule has 106 valence electrons. The van der Waals surface area contributed by atoms with Crippen molar-refractivity contribution in [2.75, 3.05) is 26.7 Å². The van der Waals surface area contributed by atoms with Crippen LogP contribution in [0.1, 0.15) is 32.0 Å². The highest BCUT2D eigenvalue weighted by Crippen LogP contribution is 2.10. The number of aryl methyl sites for hydroxylation is 1. The molecule has 0 spiro atoms. The second-order valence-electron chi connectivity index (χ2n) is 5.07. The molecule has 2 heterocycles. The zero-order chi connectivity index (χ0) is 13.7. The van der Waals surface area contributed by atoms with Crippen LogP contribution in [0.15, 0.2) is 6.33 Å². The van der Waals surface area contributed by atoms with E-state index in [2.05, 4.69) is 29.0 Å². The van der Waals surface area contributed by atoms with Gasteiger partial charge in [-0.25, -0.2) is 9.67 Å². The quantitative estimate of drug-likeness (QED) is 0.761. The maximum absolute atomic E-state index is 11.7. The zero-order valence-corrected chi connectivity index (χ0v) is 11.9. The van der Waals surface area contributed by atoms with Crippen LogP contribution in [0.3, 0.4) is 0 Å². The van der Waals surface area contributed by atoms with Crippen molar-refractivity contribution in [2.45, 2.75) is 39.3 Å². The number of aromatic nitrogens is 3. The summed E-state index contributed by atoms with van der Waals surface area (Å²) < 4.78 is 1.91. The first-order chi connectivity index (χ1) is 9.20. The van der Waals surface area contributed by atoms with Gasteiger partial charge in [-0.15, -0.1) is 0 Å². The molecule has 0 aromatic carbocycles. The Hall–Kier alpha value is -1.43. The topological polar surface area (TPSA) is 54.3 Å². The zero-order valence-electron chi connectivity index (χ0n) is 11.9. The van der Waals surface area contributed by atoms with Crippen molar-refractivity contribution in [1.29, 1.82) is 0 Å². The molecule has 1 aromatic rings. The van der Waals surface area contributed by atoms with Gasteiger partial charge in [-0.05, 0) is 26.8 Å². The van der Waals surface area contributed by atoms with Crippen molar-refractivity contribution >= 4 is 5.91 Å². The standard InChI is InChI=1S/C13H23N5O/c1-3-18-12(14-11-15-18)10-16(2)8-9-17-7-5-4-6-13(17)19/h11H,3-10H2,1-2H3. The normalized spacial score (nSPS) is 16.4. The fourth-order valence-corrected chi connectivity index (χ4v) is 2.38. The lowest BCUT2D eigenvalue weighted by Crippen LogP contribution is -2.40. The van der Waals surface area contributed by atoms with Gasteiger partial charge in [0.25, 0.3) is 0 Å². The molecule has 0 aliphatic carbocycles. The van der Waals surface area contributed by atoms with Crippen LogP contribution < -0.4 is 0 Å². The minimum absolute atomic E-state index is 0.302. The molecule has 2 rings (SSSR count). The number of hydrogen-bond acceptors (Lipinski definition) is 4. The Morgan fingerprint density at radius 2 is 2.26 bits per heavy atom. The average molecular weight is 265 g/mol. The number of likely N-dealkylation sites (N-methyl/N-ethyl adjacent to an activating group) is 1. The van der Waals surface area contributed by atoms with Crippen LogP contribution in [0.5, 0.6) is 0 Å². The molecule has 1 aliphatic rings. The van der Waals surface area contributed by atoms with Gasteiger partial charge in [-0.1, -0.05) is 0 Å². The van der Waals surface area contributed by atoms with E-state index in [1.807, 2.05) is 9.58 Å². The third-order valence-corrected chi connectivity index (χ3v) is 3.58. The third-order valence-electron chi connectivity index (χ3n) is 3.58. The minimum Gasteiger partial charge on any atom is -0.341 e. The Bertz CT molecular complexity index is 417. The molecule has 0 N–H and O–H groups in total. The molecule has 6 nitrogen and oxygen atoms in total. The molecule has 1 amide bonds. The Kier molecular flexibility index (Phi) is 4.90. The van der Waals surface area contributed by atoms with Gasteiger partial charge in [0.2, 0.25) is 5.91 Å². The van der Waals surface area contributed by atoms with Crippen LogP contribution in [0, 0.1) is 0 Å². The predicted molar refractivity (Wildman–Crippen MR) is 72.5 cm³/mol. The van der Waals surface area contributed by atoms with Gasteiger partial charge >= 0.3 is 0 Å². The number of likely N-dealkylation sites (tertiary alicyclic amines) is 1. The summed E-state index contributed by atoms with van der Waals surface area (Å²) in [4.78, 5) is 20.1. The summed E-state index contributed by atoms with van der Waals surface area (Å²) in [6, 6.07) is 0. The Morgan fingerprint density at radius 1 is 1.42 bits per heavy atom. The molecule has 0 saturated carbocycles. The molecule has 0 unspecified atom stereocenters. The molecule has 1 aliphatic heterocycles. The first-order valence-corrected chi connectivity index (χ1v) is 7.03. The second kappa shape index (κ2) is 6.65. The molecule has 0 atom stereocenters. The predicted octanol–water partition coefficient (Wildman–Crippen LogP) is 0.742. The van der Waals surface area contributed by atoms with Gasteiger partial charge in [-0.2, -0.15) is 5.10 Å². The van der Waals surface area contributed by atoms with E-state index in [0.29, 0.717) is 12.3 Å². The van der Waals surface area contributed by atoms with Gasteiger partial charge in [0, 0.05) is 32.6 Å². The number of carbonyl (C=O) groups excluding carboxylic acids is 1. The van der Waals surface area contributed by atoms with Crippen LogP contribution in [-0.2, 0) is 17.9 Å². The number of rotatable bonds is 6. The number of carbonyl (C=O) groups is 1. The highest BCUT2D eigenvalue weighted by Gasteiger charge is 2.18. The molecule has 6 heteroatoms. The van der Waals surface area contributed by atoms with E-state index >= 15 is 0 Å². The number of amides is 1. The summed E-state index contributed by atoms with van der Waals surface area (Å²) in [7, 11) is 2.06. The van der Waals surface area contributed by atoms with Crippen LogP contribution in [0.25, 0.3) is 0 Å².